The van der Waals surface area contributed by atoms with Gasteiger partial charge in [0.15, 0.2) is 0 Å². The van der Waals surface area contributed by atoms with E-state index >= 15 is 0 Å². The third-order valence-corrected chi connectivity index (χ3v) is 2.83. The molecule has 2 heterocycles. The summed E-state index contributed by atoms with van der Waals surface area (Å²) in [7, 11) is 3.24. The Morgan fingerprint density at radius 1 is 1.53 bits per heavy atom. The highest BCUT2D eigenvalue weighted by Crippen LogP contribution is 2.21. The summed E-state index contributed by atoms with van der Waals surface area (Å²) in [6.07, 6.45) is 3.64. The van der Waals surface area contributed by atoms with Gasteiger partial charge in [-0.25, -0.2) is 4.98 Å². The fraction of sp³-hybridized carbons (Fsp3) is 0.417. The molecule has 2 rings (SSSR count). The Kier molecular flexibility index (Phi) is 3.94. The summed E-state index contributed by atoms with van der Waals surface area (Å²) in [5, 5.41) is 7.27. The lowest BCUT2D eigenvalue weighted by Crippen LogP contribution is -2.16. The van der Waals surface area contributed by atoms with E-state index in [9.17, 15) is 4.39 Å². The van der Waals surface area contributed by atoms with Gasteiger partial charge in [-0.3, -0.25) is 4.68 Å². The quantitative estimate of drug-likeness (QED) is 0.894. The summed E-state index contributed by atoms with van der Waals surface area (Å²) < 4.78 is 19.8. The zero-order valence-corrected chi connectivity index (χ0v) is 11.1. The number of rotatable bonds is 5. The van der Waals surface area contributed by atoms with Gasteiger partial charge < -0.3 is 10.1 Å². The van der Waals surface area contributed by atoms with Crippen molar-refractivity contribution in [3.8, 4) is 5.88 Å². The van der Waals surface area contributed by atoms with Crippen LogP contribution in [0.4, 0.5) is 10.3 Å². The number of halogens is 1. The predicted octanol–water partition coefficient (Wildman–Crippen LogP) is 1.92. The first-order valence-corrected chi connectivity index (χ1v) is 5.96. The van der Waals surface area contributed by atoms with E-state index in [0.29, 0.717) is 5.95 Å². The molecule has 0 fully saturated rings. The smallest absolute Gasteiger partial charge is 0.255 e. The maximum atomic E-state index is 13.2. The Morgan fingerprint density at radius 2 is 2.32 bits per heavy atom. The number of methoxy groups -OCH3 is 1. The van der Waals surface area contributed by atoms with Gasteiger partial charge in [0.1, 0.15) is 0 Å². The van der Waals surface area contributed by atoms with E-state index in [1.165, 1.54) is 7.11 Å². The molecule has 2 aromatic rings. The van der Waals surface area contributed by atoms with Gasteiger partial charge >= 0.3 is 0 Å². The minimum absolute atomic E-state index is 0.00247. The molecule has 1 N–H and O–H groups in total. The highest BCUT2D eigenvalue weighted by atomic mass is 19.1. The zero-order valence-electron chi connectivity index (χ0n) is 11.1. The third kappa shape index (κ3) is 2.81. The summed E-state index contributed by atoms with van der Waals surface area (Å²) >= 11 is 0. The number of aryl methyl sites for hydroxylation is 1. The van der Waals surface area contributed by atoms with Crippen molar-refractivity contribution >= 4 is 5.95 Å². The van der Waals surface area contributed by atoms with Crippen LogP contribution >= 0.6 is 0 Å². The topological polar surface area (TPSA) is 64.9 Å². The van der Waals surface area contributed by atoms with Crippen molar-refractivity contribution in [2.75, 3.05) is 12.4 Å². The first-order chi connectivity index (χ1) is 9.15. The summed E-state index contributed by atoms with van der Waals surface area (Å²) in [6.45, 7) is 2.03. The highest BCUT2D eigenvalue weighted by Gasteiger charge is 2.15. The molecule has 0 aliphatic heterocycles. The Morgan fingerprint density at radius 3 is 2.89 bits per heavy atom. The van der Waals surface area contributed by atoms with Crippen molar-refractivity contribution in [1.29, 1.82) is 0 Å². The first kappa shape index (κ1) is 13.3. The Balaban J connectivity index is 2.21. The fourth-order valence-electron chi connectivity index (χ4n) is 1.83. The number of anilines is 1. The van der Waals surface area contributed by atoms with Crippen molar-refractivity contribution in [3.05, 3.63) is 30.0 Å². The number of nitrogens with zero attached hydrogens (tertiary/aromatic N) is 4. The molecule has 0 saturated heterocycles. The fourth-order valence-corrected chi connectivity index (χ4v) is 1.83. The van der Waals surface area contributed by atoms with Crippen LogP contribution in [0.2, 0.25) is 0 Å². The van der Waals surface area contributed by atoms with Crippen LogP contribution in [0.25, 0.3) is 0 Å². The number of ether oxygens (including phenoxy) is 1. The number of nitrogens with one attached hydrogen (secondary N) is 1. The summed E-state index contributed by atoms with van der Waals surface area (Å²) in [5.41, 5.74) is 1.01. The van der Waals surface area contributed by atoms with Gasteiger partial charge in [-0.05, 0) is 12.5 Å². The second-order valence-electron chi connectivity index (χ2n) is 4.04. The Hall–Kier alpha value is -2.18. The lowest BCUT2D eigenvalue weighted by Gasteiger charge is -2.17. The largest absolute Gasteiger partial charge is 0.479 e. The number of hydrogen-bond acceptors (Lipinski definition) is 5. The van der Waals surface area contributed by atoms with Crippen LogP contribution in [0.3, 0.4) is 0 Å². The maximum absolute atomic E-state index is 13.2. The van der Waals surface area contributed by atoms with Crippen LogP contribution in [0.15, 0.2) is 18.5 Å². The van der Waals surface area contributed by atoms with Crippen LogP contribution in [0.1, 0.15) is 25.1 Å². The summed E-state index contributed by atoms with van der Waals surface area (Å²) in [5.74, 6) is -0.328. The molecule has 0 amide bonds. The van der Waals surface area contributed by atoms with Gasteiger partial charge in [-0.2, -0.15) is 14.5 Å². The minimum Gasteiger partial charge on any atom is -0.479 e. The van der Waals surface area contributed by atoms with Gasteiger partial charge in [0.25, 0.3) is 5.88 Å². The monoisotopic (exact) mass is 265 g/mol. The van der Waals surface area contributed by atoms with Gasteiger partial charge in [-0.15, -0.1) is 0 Å². The molecular weight excluding hydrogens is 249 g/mol. The van der Waals surface area contributed by atoms with Crippen molar-refractivity contribution in [1.82, 2.24) is 19.7 Å². The first-order valence-electron chi connectivity index (χ1n) is 5.96. The normalized spacial score (nSPS) is 12.2. The summed E-state index contributed by atoms with van der Waals surface area (Å²) in [6, 6.07) is 1.92. The molecule has 0 saturated carbocycles. The van der Waals surface area contributed by atoms with Crippen LogP contribution < -0.4 is 10.1 Å². The molecule has 0 aliphatic carbocycles. The van der Waals surface area contributed by atoms with E-state index in [2.05, 4.69) is 20.4 Å². The summed E-state index contributed by atoms with van der Waals surface area (Å²) in [4.78, 5) is 7.88. The number of hydrogen-bond donors (Lipinski definition) is 1. The molecule has 2 aromatic heterocycles. The van der Waals surface area contributed by atoms with Crippen LogP contribution in [0, 0.1) is 5.82 Å². The SMILES string of the molecule is CCC(Nc1ncc(F)c(OC)n1)c1ccnn1C. The molecule has 6 nitrogen and oxygen atoms in total. The predicted molar refractivity (Wildman–Crippen MR) is 68.4 cm³/mol. The molecule has 0 aromatic carbocycles. The van der Waals surface area contributed by atoms with Crippen LogP contribution in [-0.4, -0.2) is 26.9 Å². The van der Waals surface area contributed by atoms with Crippen molar-refractivity contribution < 1.29 is 9.13 Å². The van der Waals surface area contributed by atoms with E-state index in [-0.39, 0.29) is 11.9 Å². The van der Waals surface area contributed by atoms with Crippen molar-refractivity contribution in [3.63, 3.8) is 0 Å². The lowest BCUT2D eigenvalue weighted by molar-refractivity contribution is 0.367. The standard InChI is InChI=1S/C12H16FN5O/c1-4-9(10-5-6-15-18(10)2)16-12-14-7-8(13)11(17-12)19-3/h5-7,9H,4H2,1-3H3,(H,14,16,17). The van der Waals surface area contributed by atoms with E-state index in [0.717, 1.165) is 18.3 Å². The zero-order chi connectivity index (χ0) is 13.8. The second-order valence-corrected chi connectivity index (χ2v) is 4.04. The van der Waals surface area contributed by atoms with Crippen LogP contribution in [-0.2, 0) is 7.05 Å². The van der Waals surface area contributed by atoms with Crippen LogP contribution in [0.5, 0.6) is 5.88 Å². The molecule has 1 unspecified atom stereocenters. The average molecular weight is 265 g/mol. The van der Waals surface area contributed by atoms with Gasteiger partial charge in [-0.1, -0.05) is 6.92 Å². The molecular formula is C12H16FN5O. The van der Waals surface area contributed by atoms with E-state index < -0.39 is 5.82 Å². The Labute approximate surface area is 110 Å². The van der Waals surface area contributed by atoms with E-state index in [1.54, 1.807) is 10.9 Å². The minimum atomic E-state index is -0.582. The molecule has 0 bridgehead atoms. The van der Waals surface area contributed by atoms with Gasteiger partial charge in [0, 0.05) is 13.2 Å². The molecule has 19 heavy (non-hydrogen) atoms. The number of aromatic nitrogens is 4. The molecule has 1 atom stereocenters. The highest BCUT2D eigenvalue weighted by molar-refractivity contribution is 5.32. The van der Waals surface area contributed by atoms with Crippen molar-refractivity contribution in [2.24, 2.45) is 7.05 Å². The van der Waals surface area contributed by atoms with Gasteiger partial charge in [0.2, 0.25) is 11.8 Å². The molecule has 0 spiro atoms. The molecule has 0 radical (unpaired) electrons. The van der Waals surface area contributed by atoms with Crippen molar-refractivity contribution in [2.45, 2.75) is 19.4 Å². The molecule has 7 heteroatoms. The van der Waals surface area contributed by atoms with E-state index in [1.807, 2.05) is 20.0 Å². The molecule has 102 valence electrons. The third-order valence-electron chi connectivity index (χ3n) is 2.83. The Bertz CT molecular complexity index is 557. The lowest BCUT2D eigenvalue weighted by atomic mass is 10.1. The maximum Gasteiger partial charge on any atom is 0.255 e. The average Bonchev–Trinajstić information content (AvgIpc) is 2.84. The second kappa shape index (κ2) is 5.64. The van der Waals surface area contributed by atoms with E-state index in [4.69, 9.17) is 4.74 Å². The van der Waals surface area contributed by atoms with Gasteiger partial charge in [0.05, 0.1) is 25.0 Å². The molecule has 0 aliphatic rings.